The third-order valence-corrected chi connectivity index (χ3v) is 9.18. The number of halogens is 4. The van der Waals surface area contributed by atoms with Crippen molar-refractivity contribution < 1.29 is 36.7 Å². The van der Waals surface area contributed by atoms with E-state index in [9.17, 15) is 36.7 Å². The summed E-state index contributed by atoms with van der Waals surface area (Å²) in [5, 5.41) is 8.38. The molecule has 4 rings (SSSR count). The number of amides is 4. The van der Waals surface area contributed by atoms with Gasteiger partial charge in [-0.3, -0.25) is 19.2 Å². The second kappa shape index (κ2) is 14.1. The molecule has 1 aliphatic carbocycles. The van der Waals surface area contributed by atoms with Gasteiger partial charge in [-0.05, 0) is 48.3 Å². The maximum absolute atomic E-state index is 14.2. The highest BCUT2D eigenvalue weighted by Crippen LogP contribution is 2.40. The number of hydrogen-bond donors (Lipinski definition) is 5. The second-order valence-corrected chi connectivity index (χ2v) is 12.5. The molecule has 1 aromatic heterocycles. The zero-order valence-corrected chi connectivity index (χ0v) is 26.5. The van der Waals surface area contributed by atoms with Gasteiger partial charge in [0.05, 0.1) is 17.5 Å². The number of carbonyl (C=O) groups excluding carboxylic acids is 4. The number of H-pyrrole nitrogens is 1. The van der Waals surface area contributed by atoms with E-state index >= 15 is 0 Å². The SMILES string of the molecule is CCC(C)[C@H](NC(=O)Cc1ccccc1F)C(=O)N[C@]1(C(=O)N[C@@H](CSC)C(N)=O)CCc2[nH]c3c(C(F)(F)F)cccc3c2C1. The summed E-state index contributed by atoms with van der Waals surface area (Å²) in [6, 6.07) is 7.31. The van der Waals surface area contributed by atoms with Crippen molar-refractivity contribution in [3.63, 3.8) is 0 Å². The van der Waals surface area contributed by atoms with Gasteiger partial charge in [0.2, 0.25) is 23.6 Å². The highest BCUT2D eigenvalue weighted by Gasteiger charge is 2.47. The van der Waals surface area contributed by atoms with E-state index in [1.54, 1.807) is 19.2 Å². The molecule has 0 radical (unpaired) electrons. The molecule has 4 atom stereocenters. The fraction of sp³-hybridized carbons (Fsp3) is 0.438. The maximum atomic E-state index is 14.2. The Kier molecular flexibility index (Phi) is 10.7. The van der Waals surface area contributed by atoms with E-state index in [1.165, 1.54) is 42.1 Å². The number of thioether (sulfide) groups is 1. The summed E-state index contributed by atoms with van der Waals surface area (Å²) >= 11 is 1.27. The van der Waals surface area contributed by atoms with Crippen molar-refractivity contribution in [2.24, 2.45) is 11.7 Å². The van der Waals surface area contributed by atoms with Gasteiger partial charge in [-0.25, -0.2) is 4.39 Å². The summed E-state index contributed by atoms with van der Waals surface area (Å²) < 4.78 is 55.8. The molecule has 3 aromatic rings. The summed E-state index contributed by atoms with van der Waals surface area (Å²) in [6.45, 7) is 3.55. The average molecular weight is 664 g/mol. The number of rotatable bonds is 12. The van der Waals surface area contributed by atoms with Crippen molar-refractivity contribution in [2.75, 3.05) is 12.0 Å². The van der Waals surface area contributed by atoms with Crippen LogP contribution in [0.1, 0.15) is 49.1 Å². The molecule has 9 nitrogen and oxygen atoms in total. The monoisotopic (exact) mass is 663 g/mol. The number of benzene rings is 2. The fourth-order valence-electron chi connectivity index (χ4n) is 5.78. The van der Waals surface area contributed by atoms with Crippen molar-refractivity contribution in [1.29, 1.82) is 0 Å². The molecule has 14 heteroatoms. The van der Waals surface area contributed by atoms with Gasteiger partial charge in [0.1, 0.15) is 23.4 Å². The van der Waals surface area contributed by atoms with Crippen molar-refractivity contribution in [3.8, 4) is 0 Å². The van der Waals surface area contributed by atoms with Crippen LogP contribution in [0.4, 0.5) is 17.6 Å². The summed E-state index contributed by atoms with van der Waals surface area (Å²) in [6.07, 6.45) is -2.89. The quantitative estimate of drug-likeness (QED) is 0.187. The van der Waals surface area contributed by atoms with Crippen molar-refractivity contribution in [1.82, 2.24) is 20.9 Å². The third kappa shape index (κ3) is 7.48. The van der Waals surface area contributed by atoms with Crippen LogP contribution < -0.4 is 21.7 Å². The Bertz CT molecular complexity index is 1630. The molecule has 46 heavy (non-hydrogen) atoms. The lowest BCUT2D eigenvalue weighted by molar-refractivity contribution is -0.138. The first-order chi connectivity index (χ1) is 21.7. The second-order valence-electron chi connectivity index (χ2n) is 11.6. The van der Waals surface area contributed by atoms with E-state index in [1.807, 2.05) is 6.92 Å². The van der Waals surface area contributed by atoms with Crippen molar-refractivity contribution >= 4 is 46.3 Å². The first-order valence-electron chi connectivity index (χ1n) is 14.8. The van der Waals surface area contributed by atoms with Gasteiger partial charge in [-0.1, -0.05) is 50.6 Å². The van der Waals surface area contributed by atoms with Crippen molar-refractivity contribution in [3.05, 3.63) is 70.7 Å². The van der Waals surface area contributed by atoms with Crippen LogP contribution in [0.2, 0.25) is 0 Å². The maximum Gasteiger partial charge on any atom is 0.418 e. The molecule has 4 amide bonds. The van der Waals surface area contributed by atoms with Crippen LogP contribution in [0.25, 0.3) is 10.9 Å². The van der Waals surface area contributed by atoms with E-state index in [4.69, 9.17) is 5.73 Å². The lowest BCUT2D eigenvalue weighted by Gasteiger charge is -2.39. The van der Waals surface area contributed by atoms with Gasteiger partial charge in [-0.2, -0.15) is 24.9 Å². The highest BCUT2D eigenvalue weighted by molar-refractivity contribution is 7.98. The minimum absolute atomic E-state index is 0.0209. The van der Waals surface area contributed by atoms with Crippen molar-refractivity contribution in [2.45, 2.75) is 69.8 Å². The molecule has 0 bridgehead atoms. The number of primary amides is 1. The lowest BCUT2D eigenvalue weighted by Crippen LogP contribution is -2.66. The largest absolute Gasteiger partial charge is 0.418 e. The Morgan fingerprint density at radius 1 is 1.09 bits per heavy atom. The van der Waals surface area contributed by atoms with Crippen LogP contribution in [0.5, 0.6) is 0 Å². The predicted octanol–water partition coefficient (Wildman–Crippen LogP) is 3.78. The molecule has 1 unspecified atom stereocenters. The Morgan fingerprint density at radius 3 is 2.43 bits per heavy atom. The summed E-state index contributed by atoms with van der Waals surface area (Å²) in [5.74, 6) is -3.67. The average Bonchev–Trinajstić information content (AvgIpc) is 3.37. The van der Waals surface area contributed by atoms with Crippen LogP contribution in [-0.4, -0.2) is 58.2 Å². The summed E-state index contributed by atoms with van der Waals surface area (Å²) in [4.78, 5) is 56.1. The zero-order chi connectivity index (χ0) is 33.8. The first kappa shape index (κ1) is 34.8. The van der Waals surface area contributed by atoms with Crippen LogP contribution in [-0.2, 0) is 44.6 Å². The Balaban J connectivity index is 1.71. The normalized spacial score (nSPS) is 18.2. The molecule has 2 aromatic carbocycles. The predicted molar refractivity (Wildman–Crippen MR) is 167 cm³/mol. The van der Waals surface area contributed by atoms with E-state index in [2.05, 4.69) is 20.9 Å². The molecule has 0 spiro atoms. The van der Waals surface area contributed by atoms with Crippen LogP contribution in [0, 0.1) is 11.7 Å². The molecular weight excluding hydrogens is 626 g/mol. The van der Waals surface area contributed by atoms with Gasteiger partial charge >= 0.3 is 6.18 Å². The number of nitrogens with one attached hydrogen (secondary N) is 4. The number of alkyl halides is 3. The minimum atomic E-state index is -4.63. The van der Waals surface area contributed by atoms with Gasteiger partial charge in [0.15, 0.2) is 0 Å². The van der Waals surface area contributed by atoms with E-state index in [0.717, 1.165) is 6.07 Å². The van der Waals surface area contributed by atoms with Crippen LogP contribution >= 0.6 is 11.8 Å². The van der Waals surface area contributed by atoms with E-state index in [0.29, 0.717) is 17.7 Å². The van der Waals surface area contributed by atoms with Gasteiger partial charge in [0.25, 0.3) is 0 Å². The smallest absolute Gasteiger partial charge is 0.368 e. The number of para-hydroxylation sites is 1. The first-order valence-corrected chi connectivity index (χ1v) is 16.2. The number of aromatic amines is 1. The topological polar surface area (TPSA) is 146 Å². The molecule has 0 aliphatic heterocycles. The lowest BCUT2D eigenvalue weighted by atomic mass is 9.78. The Labute approximate surface area is 267 Å². The molecule has 0 saturated carbocycles. The van der Waals surface area contributed by atoms with Gasteiger partial charge < -0.3 is 26.7 Å². The Morgan fingerprint density at radius 2 is 1.80 bits per heavy atom. The number of hydrogen-bond acceptors (Lipinski definition) is 5. The van der Waals surface area contributed by atoms with Gasteiger partial charge in [-0.15, -0.1) is 0 Å². The standard InChI is InChI=1S/C32H37F4N5O4S/c1-4-17(2)26(40-25(42)14-18-8-5-6-11-22(18)33)29(44)41-31(30(45)39-24(16-46-3)28(37)43)13-12-23-20(15-31)19-9-7-10-21(27(19)38-23)32(34,35)36/h5-11,17,24,26,38H,4,12-16H2,1-3H3,(H2,37,43)(H,39,45)(H,40,42)(H,41,44)/t17?,24-,26-,31+/m0/s1. The molecular formula is C32H37F4N5O4S. The van der Waals surface area contributed by atoms with Crippen LogP contribution in [0.3, 0.4) is 0 Å². The third-order valence-electron chi connectivity index (χ3n) is 8.52. The summed E-state index contributed by atoms with van der Waals surface area (Å²) in [5.41, 5.74) is 3.90. The van der Waals surface area contributed by atoms with Gasteiger partial charge in [0, 0.05) is 23.3 Å². The number of fused-ring (bicyclic) bond motifs is 3. The molecule has 0 fully saturated rings. The Hall–Kier alpha value is -4.07. The minimum Gasteiger partial charge on any atom is -0.368 e. The van der Waals surface area contributed by atoms with E-state index < -0.39 is 64.7 Å². The molecule has 248 valence electrons. The fourth-order valence-corrected chi connectivity index (χ4v) is 6.36. The zero-order valence-electron chi connectivity index (χ0n) is 25.6. The number of carbonyl (C=O) groups is 4. The highest BCUT2D eigenvalue weighted by atomic mass is 32.2. The number of nitrogens with two attached hydrogens (primary N) is 1. The number of aromatic nitrogens is 1. The number of aryl methyl sites for hydroxylation is 1. The molecule has 1 aliphatic rings. The molecule has 6 N–H and O–H groups in total. The van der Waals surface area contributed by atoms with Crippen LogP contribution in [0.15, 0.2) is 42.5 Å². The van der Waals surface area contributed by atoms with E-state index in [-0.39, 0.29) is 47.9 Å². The molecule has 1 heterocycles. The summed E-state index contributed by atoms with van der Waals surface area (Å²) in [7, 11) is 0. The molecule has 0 saturated heterocycles.